The summed E-state index contributed by atoms with van der Waals surface area (Å²) in [5, 5.41) is 12.5. The monoisotopic (exact) mass is 289 g/mol. The van der Waals surface area contributed by atoms with Crippen molar-refractivity contribution in [3.63, 3.8) is 0 Å². The fourth-order valence-corrected chi connectivity index (χ4v) is 1.95. The van der Waals surface area contributed by atoms with Crippen LogP contribution in [0.1, 0.15) is 27.0 Å². The van der Waals surface area contributed by atoms with E-state index in [2.05, 4.69) is 5.32 Å². The molecular weight excluding hydrogens is 274 g/mol. The second-order valence-electron chi connectivity index (χ2n) is 4.62. The lowest BCUT2D eigenvalue weighted by Gasteiger charge is -2.07. The van der Waals surface area contributed by atoms with E-state index in [4.69, 9.17) is 16.7 Å². The number of benzene rings is 2. The molecule has 0 aliphatic heterocycles. The molecule has 0 atom stereocenters. The number of aliphatic hydroxyl groups is 1. The summed E-state index contributed by atoms with van der Waals surface area (Å²) in [6.45, 7) is 2.34. The first kappa shape index (κ1) is 14.6. The lowest BCUT2D eigenvalue weighted by atomic mass is 10.1. The molecule has 0 fully saturated rings. The minimum absolute atomic E-state index is 0.0245. The molecule has 0 aliphatic carbocycles. The van der Waals surface area contributed by atoms with Crippen molar-refractivity contribution in [2.75, 3.05) is 0 Å². The van der Waals surface area contributed by atoms with Gasteiger partial charge in [0.05, 0.1) is 6.61 Å². The van der Waals surface area contributed by atoms with Crippen molar-refractivity contribution in [1.29, 1.82) is 0 Å². The minimum atomic E-state index is -0.129. The van der Waals surface area contributed by atoms with E-state index < -0.39 is 0 Å². The average Bonchev–Trinajstić information content (AvgIpc) is 2.48. The summed E-state index contributed by atoms with van der Waals surface area (Å²) in [4.78, 5) is 12.0. The molecule has 0 spiro atoms. The largest absolute Gasteiger partial charge is 0.392 e. The molecule has 0 bridgehead atoms. The van der Waals surface area contributed by atoms with Gasteiger partial charge in [0.15, 0.2) is 0 Å². The zero-order valence-electron chi connectivity index (χ0n) is 11.2. The first-order chi connectivity index (χ1) is 9.60. The van der Waals surface area contributed by atoms with Crippen molar-refractivity contribution >= 4 is 17.5 Å². The van der Waals surface area contributed by atoms with Gasteiger partial charge in [-0.05, 0) is 41.8 Å². The second kappa shape index (κ2) is 6.55. The van der Waals surface area contributed by atoms with Crippen LogP contribution in [0.25, 0.3) is 0 Å². The summed E-state index contributed by atoms with van der Waals surface area (Å²) in [6.07, 6.45) is 0. The van der Waals surface area contributed by atoms with Gasteiger partial charge in [0.2, 0.25) is 0 Å². The molecule has 104 valence electrons. The third-order valence-electron chi connectivity index (χ3n) is 3.08. The molecule has 0 radical (unpaired) electrons. The highest BCUT2D eigenvalue weighted by Crippen LogP contribution is 2.16. The van der Waals surface area contributed by atoms with Crippen LogP contribution in [-0.4, -0.2) is 11.0 Å². The molecule has 0 aromatic heterocycles. The van der Waals surface area contributed by atoms with Gasteiger partial charge in [0, 0.05) is 17.1 Å². The summed E-state index contributed by atoms with van der Waals surface area (Å²) in [7, 11) is 0. The fourth-order valence-electron chi connectivity index (χ4n) is 1.83. The molecule has 0 saturated carbocycles. The molecule has 20 heavy (non-hydrogen) atoms. The molecule has 0 saturated heterocycles. The molecule has 2 N–H and O–H groups in total. The van der Waals surface area contributed by atoms with Crippen LogP contribution in [-0.2, 0) is 13.2 Å². The first-order valence-electron chi connectivity index (χ1n) is 6.33. The van der Waals surface area contributed by atoms with Crippen LogP contribution < -0.4 is 5.32 Å². The topological polar surface area (TPSA) is 49.3 Å². The number of aliphatic hydroxyl groups excluding tert-OH is 1. The van der Waals surface area contributed by atoms with E-state index in [0.29, 0.717) is 17.1 Å². The van der Waals surface area contributed by atoms with Crippen LogP contribution in [0.4, 0.5) is 0 Å². The van der Waals surface area contributed by atoms with Crippen molar-refractivity contribution in [2.45, 2.75) is 20.1 Å². The second-order valence-corrected chi connectivity index (χ2v) is 5.03. The molecule has 3 nitrogen and oxygen atoms in total. The quantitative estimate of drug-likeness (QED) is 0.909. The van der Waals surface area contributed by atoms with Crippen LogP contribution in [0.15, 0.2) is 42.5 Å². The average molecular weight is 290 g/mol. The van der Waals surface area contributed by atoms with Crippen LogP contribution in [0.2, 0.25) is 5.02 Å². The summed E-state index contributed by atoms with van der Waals surface area (Å²) in [6, 6.07) is 12.7. The Balaban J connectivity index is 1.98. The zero-order chi connectivity index (χ0) is 14.5. The van der Waals surface area contributed by atoms with E-state index in [1.807, 2.05) is 31.2 Å². The highest BCUT2D eigenvalue weighted by molar-refractivity contribution is 6.31. The Bertz CT molecular complexity index is 608. The predicted molar refractivity (Wildman–Crippen MR) is 79.7 cm³/mol. The summed E-state index contributed by atoms with van der Waals surface area (Å²) in [5.41, 5.74) is 3.32. The van der Waals surface area contributed by atoms with Gasteiger partial charge in [-0.15, -0.1) is 0 Å². The molecule has 2 rings (SSSR count). The maximum Gasteiger partial charge on any atom is 0.251 e. The number of amides is 1. The normalized spacial score (nSPS) is 10.3. The van der Waals surface area contributed by atoms with Gasteiger partial charge in [-0.2, -0.15) is 0 Å². The lowest BCUT2D eigenvalue weighted by molar-refractivity contribution is 0.0951. The van der Waals surface area contributed by atoms with Gasteiger partial charge < -0.3 is 10.4 Å². The van der Waals surface area contributed by atoms with Crippen LogP contribution >= 0.6 is 11.6 Å². The predicted octanol–water partition coefficient (Wildman–Crippen LogP) is 3.07. The summed E-state index contributed by atoms with van der Waals surface area (Å²) < 4.78 is 0. The van der Waals surface area contributed by atoms with Gasteiger partial charge in [0.25, 0.3) is 5.91 Å². The SMILES string of the molecule is Cc1cc(C(=O)NCc2ccc(CO)cc2)ccc1Cl. The molecule has 0 aliphatic rings. The van der Waals surface area contributed by atoms with Gasteiger partial charge in [-0.25, -0.2) is 0 Å². The smallest absolute Gasteiger partial charge is 0.251 e. The number of nitrogens with one attached hydrogen (secondary N) is 1. The van der Waals surface area contributed by atoms with Crippen molar-refractivity contribution in [2.24, 2.45) is 0 Å². The number of hydrogen-bond acceptors (Lipinski definition) is 2. The van der Waals surface area contributed by atoms with E-state index >= 15 is 0 Å². The minimum Gasteiger partial charge on any atom is -0.392 e. The lowest BCUT2D eigenvalue weighted by Crippen LogP contribution is -2.22. The van der Waals surface area contributed by atoms with E-state index in [-0.39, 0.29) is 12.5 Å². The van der Waals surface area contributed by atoms with Crippen molar-refractivity contribution in [3.05, 3.63) is 69.7 Å². The Kier molecular flexibility index (Phi) is 4.77. The molecule has 4 heteroatoms. The number of halogens is 1. The maximum atomic E-state index is 12.0. The van der Waals surface area contributed by atoms with E-state index in [1.54, 1.807) is 18.2 Å². The number of rotatable bonds is 4. The van der Waals surface area contributed by atoms with Crippen molar-refractivity contribution in [1.82, 2.24) is 5.32 Å². The number of hydrogen-bond donors (Lipinski definition) is 2. The molecule has 1 amide bonds. The first-order valence-corrected chi connectivity index (χ1v) is 6.71. The van der Waals surface area contributed by atoms with E-state index in [1.165, 1.54) is 0 Å². The van der Waals surface area contributed by atoms with E-state index in [0.717, 1.165) is 16.7 Å². The van der Waals surface area contributed by atoms with Gasteiger partial charge in [-0.3, -0.25) is 4.79 Å². The molecule has 2 aromatic carbocycles. The molecule has 2 aromatic rings. The summed E-state index contributed by atoms with van der Waals surface area (Å²) in [5.74, 6) is -0.129. The van der Waals surface area contributed by atoms with Crippen LogP contribution in [0.3, 0.4) is 0 Å². The van der Waals surface area contributed by atoms with Crippen LogP contribution in [0.5, 0.6) is 0 Å². The zero-order valence-corrected chi connectivity index (χ0v) is 11.9. The highest BCUT2D eigenvalue weighted by atomic mass is 35.5. The Hall–Kier alpha value is -1.84. The van der Waals surface area contributed by atoms with Crippen molar-refractivity contribution < 1.29 is 9.90 Å². The van der Waals surface area contributed by atoms with Crippen molar-refractivity contribution in [3.8, 4) is 0 Å². The molecular formula is C16H16ClNO2. The third-order valence-corrected chi connectivity index (χ3v) is 3.50. The third kappa shape index (κ3) is 3.59. The Morgan fingerprint density at radius 3 is 2.40 bits per heavy atom. The number of carbonyl (C=O) groups is 1. The van der Waals surface area contributed by atoms with Gasteiger partial charge >= 0.3 is 0 Å². The number of carbonyl (C=O) groups excluding carboxylic acids is 1. The number of aryl methyl sites for hydroxylation is 1. The molecule has 0 heterocycles. The Morgan fingerprint density at radius 2 is 1.80 bits per heavy atom. The summed E-state index contributed by atoms with van der Waals surface area (Å²) >= 11 is 5.93. The van der Waals surface area contributed by atoms with Gasteiger partial charge in [-0.1, -0.05) is 35.9 Å². The van der Waals surface area contributed by atoms with E-state index in [9.17, 15) is 4.79 Å². The molecule has 0 unspecified atom stereocenters. The Morgan fingerprint density at radius 1 is 1.15 bits per heavy atom. The Labute approximate surface area is 123 Å². The highest BCUT2D eigenvalue weighted by Gasteiger charge is 2.06. The van der Waals surface area contributed by atoms with Crippen LogP contribution in [0, 0.1) is 6.92 Å². The van der Waals surface area contributed by atoms with Gasteiger partial charge in [0.1, 0.15) is 0 Å². The maximum absolute atomic E-state index is 12.0. The standard InChI is InChI=1S/C16H16ClNO2/c1-11-8-14(6-7-15(11)17)16(20)18-9-12-2-4-13(10-19)5-3-12/h2-8,19H,9-10H2,1H3,(H,18,20). The fraction of sp³-hybridized carbons (Fsp3) is 0.188.